The van der Waals surface area contributed by atoms with E-state index in [9.17, 15) is 12.8 Å². The number of para-hydroxylation sites is 1. The number of sulfonamides is 1. The van der Waals surface area contributed by atoms with E-state index in [4.69, 9.17) is 4.74 Å². The fourth-order valence-corrected chi connectivity index (χ4v) is 3.70. The van der Waals surface area contributed by atoms with Gasteiger partial charge in [-0.05, 0) is 42.3 Å². The van der Waals surface area contributed by atoms with Gasteiger partial charge in [-0.2, -0.15) is 0 Å². The molecule has 0 unspecified atom stereocenters. The summed E-state index contributed by atoms with van der Waals surface area (Å²) >= 11 is 0. The van der Waals surface area contributed by atoms with Crippen molar-refractivity contribution in [3.05, 3.63) is 59.9 Å². The third kappa shape index (κ3) is 4.93. The van der Waals surface area contributed by atoms with Crippen molar-refractivity contribution in [1.29, 1.82) is 0 Å². The Bertz CT molecular complexity index is 809. The molecule has 0 saturated heterocycles. The quantitative estimate of drug-likeness (QED) is 0.780. The third-order valence-corrected chi connectivity index (χ3v) is 5.47. The highest BCUT2D eigenvalue weighted by Crippen LogP contribution is 2.26. The normalized spacial score (nSPS) is 13.7. The smallest absolute Gasteiger partial charge is 0.215 e. The second kappa shape index (κ2) is 7.84. The fraction of sp³-hybridized carbons (Fsp3) is 0.333. The largest absolute Gasteiger partial charge is 0.492 e. The summed E-state index contributed by atoms with van der Waals surface area (Å²) < 4.78 is 44.8. The van der Waals surface area contributed by atoms with Crippen molar-refractivity contribution in [2.75, 3.05) is 36.9 Å². The molecule has 1 heterocycles. The summed E-state index contributed by atoms with van der Waals surface area (Å²) in [5.41, 5.74) is 2.49. The van der Waals surface area contributed by atoms with Crippen molar-refractivity contribution in [3.63, 3.8) is 0 Å². The summed E-state index contributed by atoms with van der Waals surface area (Å²) in [7, 11) is -3.40. The highest BCUT2D eigenvalue weighted by atomic mass is 32.2. The van der Waals surface area contributed by atoms with Crippen molar-refractivity contribution < 1.29 is 17.5 Å². The van der Waals surface area contributed by atoms with Crippen LogP contribution in [0.5, 0.6) is 5.75 Å². The molecule has 2 aromatic rings. The lowest BCUT2D eigenvalue weighted by molar-refractivity contribution is 0.339. The van der Waals surface area contributed by atoms with Crippen LogP contribution in [0.25, 0.3) is 0 Å². The third-order valence-electron chi connectivity index (χ3n) is 4.12. The Kier molecular flexibility index (Phi) is 5.55. The van der Waals surface area contributed by atoms with Gasteiger partial charge in [-0.1, -0.05) is 18.2 Å². The minimum Gasteiger partial charge on any atom is -0.492 e. The van der Waals surface area contributed by atoms with E-state index in [2.05, 4.69) is 21.8 Å². The Morgan fingerprint density at radius 3 is 2.68 bits per heavy atom. The predicted octanol–water partition coefficient (Wildman–Crippen LogP) is 2.19. The van der Waals surface area contributed by atoms with Gasteiger partial charge in [0.1, 0.15) is 18.2 Å². The van der Waals surface area contributed by atoms with Gasteiger partial charge in [-0.15, -0.1) is 0 Å². The van der Waals surface area contributed by atoms with Crippen molar-refractivity contribution >= 4 is 15.7 Å². The van der Waals surface area contributed by atoms with Crippen LogP contribution >= 0.6 is 0 Å². The van der Waals surface area contributed by atoms with Gasteiger partial charge in [0.25, 0.3) is 0 Å². The molecule has 0 aromatic heterocycles. The molecule has 134 valence electrons. The first-order chi connectivity index (χ1) is 12.0. The van der Waals surface area contributed by atoms with Crippen LogP contribution < -0.4 is 14.4 Å². The number of fused-ring (bicyclic) bond motifs is 1. The minimum atomic E-state index is -3.40. The average molecular weight is 364 g/mol. The lowest BCUT2D eigenvalue weighted by Crippen LogP contribution is -2.36. The van der Waals surface area contributed by atoms with E-state index in [1.165, 1.54) is 35.5 Å². The Hall–Kier alpha value is -2.12. The summed E-state index contributed by atoms with van der Waals surface area (Å²) in [5, 5.41) is 0. The molecular weight excluding hydrogens is 343 g/mol. The lowest BCUT2D eigenvalue weighted by Gasteiger charge is -2.19. The first-order valence-electron chi connectivity index (χ1n) is 8.22. The van der Waals surface area contributed by atoms with E-state index in [0.29, 0.717) is 18.8 Å². The summed E-state index contributed by atoms with van der Waals surface area (Å²) in [6.45, 7) is 1.92. The zero-order chi connectivity index (χ0) is 17.7. The monoisotopic (exact) mass is 364 g/mol. The zero-order valence-corrected chi connectivity index (χ0v) is 14.6. The van der Waals surface area contributed by atoms with Gasteiger partial charge in [0, 0.05) is 25.3 Å². The molecule has 1 aliphatic rings. The summed E-state index contributed by atoms with van der Waals surface area (Å²) in [5.74, 6) is -0.0450. The molecule has 0 spiro atoms. The number of halogens is 1. The summed E-state index contributed by atoms with van der Waals surface area (Å²) in [6, 6.07) is 13.7. The number of benzene rings is 2. The highest BCUT2D eigenvalue weighted by Gasteiger charge is 2.18. The fourth-order valence-electron chi connectivity index (χ4n) is 2.85. The van der Waals surface area contributed by atoms with Crippen LogP contribution in [0.4, 0.5) is 10.1 Å². The number of hydrogen-bond donors (Lipinski definition) is 1. The lowest BCUT2D eigenvalue weighted by atomic mass is 10.2. The SMILES string of the molecule is O=S(=O)(CCOc1ccc(F)cc1)NCCN1CCc2ccccc21. The Balaban J connectivity index is 1.41. The Morgan fingerprint density at radius 2 is 1.88 bits per heavy atom. The van der Waals surface area contributed by atoms with E-state index in [1.807, 2.05) is 12.1 Å². The van der Waals surface area contributed by atoms with E-state index in [1.54, 1.807) is 0 Å². The molecule has 0 atom stereocenters. The van der Waals surface area contributed by atoms with E-state index in [-0.39, 0.29) is 18.2 Å². The molecule has 1 aliphatic heterocycles. The van der Waals surface area contributed by atoms with Crippen molar-refractivity contribution in [3.8, 4) is 5.75 Å². The number of nitrogens with one attached hydrogen (secondary N) is 1. The van der Waals surface area contributed by atoms with Gasteiger partial charge in [-0.25, -0.2) is 17.5 Å². The number of nitrogens with zero attached hydrogens (tertiary/aromatic N) is 1. The minimum absolute atomic E-state index is 0.0213. The van der Waals surface area contributed by atoms with E-state index < -0.39 is 10.0 Å². The van der Waals surface area contributed by atoms with Crippen LogP contribution in [-0.2, 0) is 16.4 Å². The first-order valence-corrected chi connectivity index (χ1v) is 9.87. The molecule has 5 nitrogen and oxygen atoms in total. The van der Waals surface area contributed by atoms with Gasteiger partial charge in [0.2, 0.25) is 10.0 Å². The molecule has 0 aliphatic carbocycles. The molecule has 2 aromatic carbocycles. The van der Waals surface area contributed by atoms with Crippen molar-refractivity contribution in [2.24, 2.45) is 0 Å². The maximum atomic E-state index is 12.8. The number of hydrogen-bond acceptors (Lipinski definition) is 4. The Labute approximate surface area is 147 Å². The molecule has 1 N–H and O–H groups in total. The molecule has 3 rings (SSSR count). The van der Waals surface area contributed by atoms with E-state index in [0.717, 1.165) is 13.0 Å². The van der Waals surface area contributed by atoms with Gasteiger partial charge in [0.15, 0.2) is 0 Å². The van der Waals surface area contributed by atoms with Crippen LogP contribution in [0.2, 0.25) is 0 Å². The maximum Gasteiger partial charge on any atom is 0.215 e. The standard InChI is InChI=1S/C18H21FN2O3S/c19-16-5-7-17(8-6-16)24-13-14-25(22,23)20-10-12-21-11-9-15-3-1-2-4-18(15)21/h1-8,20H,9-14H2. The van der Waals surface area contributed by atoms with Crippen LogP contribution in [-0.4, -0.2) is 40.4 Å². The summed E-state index contributed by atoms with van der Waals surface area (Å²) in [4.78, 5) is 2.19. The predicted molar refractivity (Wildman–Crippen MR) is 96.0 cm³/mol. The molecule has 0 radical (unpaired) electrons. The van der Waals surface area contributed by atoms with Crippen LogP contribution in [0.3, 0.4) is 0 Å². The van der Waals surface area contributed by atoms with Gasteiger partial charge < -0.3 is 9.64 Å². The average Bonchev–Trinajstić information content (AvgIpc) is 3.00. The zero-order valence-electron chi connectivity index (χ0n) is 13.8. The molecule has 0 fully saturated rings. The van der Waals surface area contributed by atoms with Gasteiger partial charge in [-0.3, -0.25) is 0 Å². The van der Waals surface area contributed by atoms with Gasteiger partial charge in [0.05, 0.1) is 5.75 Å². The Morgan fingerprint density at radius 1 is 1.12 bits per heavy atom. The second-order valence-electron chi connectivity index (χ2n) is 5.88. The molecule has 25 heavy (non-hydrogen) atoms. The van der Waals surface area contributed by atoms with Crippen molar-refractivity contribution in [2.45, 2.75) is 6.42 Å². The van der Waals surface area contributed by atoms with Crippen LogP contribution in [0.1, 0.15) is 5.56 Å². The van der Waals surface area contributed by atoms with E-state index >= 15 is 0 Å². The first kappa shape index (κ1) is 17.7. The molecular formula is C18H21FN2O3S. The number of rotatable bonds is 8. The molecule has 0 saturated carbocycles. The summed E-state index contributed by atoms with van der Waals surface area (Å²) in [6.07, 6.45) is 0.994. The number of ether oxygens (including phenoxy) is 1. The molecule has 7 heteroatoms. The second-order valence-corrected chi connectivity index (χ2v) is 7.81. The molecule has 0 bridgehead atoms. The highest BCUT2D eigenvalue weighted by molar-refractivity contribution is 7.89. The molecule has 0 amide bonds. The topological polar surface area (TPSA) is 58.6 Å². The van der Waals surface area contributed by atoms with Gasteiger partial charge >= 0.3 is 0 Å². The maximum absolute atomic E-state index is 12.8. The number of anilines is 1. The van der Waals surface area contributed by atoms with Crippen molar-refractivity contribution in [1.82, 2.24) is 4.72 Å². The van der Waals surface area contributed by atoms with Crippen LogP contribution in [0, 0.1) is 5.82 Å². The van der Waals surface area contributed by atoms with Crippen LogP contribution in [0.15, 0.2) is 48.5 Å².